The standard InChI is InChI=1S/C47H34N4/c1-31-24-25-46-40(26-31)39-20-10-13-23-45(39)51(46)36-28-34(27-35(29-36)50-43-21-11-8-18-37(43)38-19-9-12-22-44(38)50)47-48-41(32-14-4-2-5-15-32)30-42(49-47)33-16-6-3-7-17-33/h2-25,27-31H,26H2,1H3. The summed E-state index contributed by atoms with van der Waals surface area (Å²) in [5.74, 6) is 1.18. The number of allylic oxidation sites excluding steroid dienone is 1. The van der Waals surface area contributed by atoms with Crippen LogP contribution >= 0.6 is 0 Å². The molecule has 9 aromatic rings. The Hall–Kier alpha value is -6.52. The molecule has 1 unspecified atom stereocenters. The third kappa shape index (κ3) is 4.91. The fourth-order valence-corrected chi connectivity index (χ4v) is 7.91. The number of para-hydroxylation sites is 3. The van der Waals surface area contributed by atoms with Crippen molar-refractivity contribution in [3.63, 3.8) is 0 Å². The molecule has 0 aliphatic heterocycles. The Morgan fingerprint density at radius 2 is 0.980 bits per heavy atom. The van der Waals surface area contributed by atoms with E-state index in [0.717, 1.165) is 45.9 Å². The van der Waals surface area contributed by atoms with Crippen LogP contribution in [0.25, 0.3) is 84.1 Å². The Morgan fingerprint density at radius 1 is 0.490 bits per heavy atom. The molecule has 1 atom stereocenters. The lowest BCUT2D eigenvalue weighted by Crippen LogP contribution is -2.06. The molecule has 1 aliphatic rings. The van der Waals surface area contributed by atoms with Gasteiger partial charge in [-0.1, -0.05) is 128 Å². The summed E-state index contributed by atoms with van der Waals surface area (Å²) in [6.07, 6.45) is 5.67. The Morgan fingerprint density at radius 3 is 1.57 bits per heavy atom. The number of benzene rings is 6. The molecule has 6 aromatic carbocycles. The number of nitrogens with zero attached hydrogens (tertiary/aromatic N) is 4. The van der Waals surface area contributed by atoms with Crippen LogP contribution in [0.15, 0.2) is 164 Å². The van der Waals surface area contributed by atoms with Gasteiger partial charge in [-0.15, -0.1) is 0 Å². The molecule has 0 saturated heterocycles. The van der Waals surface area contributed by atoms with Gasteiger partial charge in [-0.05, 0) is 66.4 Å². The number of hydrogen-bond acceptors (Lipinski definition) is 2. The summed E-state index contributed by atoms with van der Waals surface area (Å²) in [6, 6.07) is 56.0. The normalized spacial score (nSPS) is 14.0. The summed E-state index contributed by atoms with van der Waals surface area (Å²) >= 11 is 0. The quantitative estimate of drug-likeness (QED) is 0.185. The van der Waals surface area contributed by atoms with Crippen LogP contribution in [0, 0.1) is 5.92 Å². The van der Waals surface area contributed by atoms with Gasteiger partial charge in [0.05, 0.1) is 27.9 Å². The van der Waals surface area contributed by atoms with Crippen molar-refractivity contribution in [3.8, 4) is 45.3 Å². The minimum atomic E-state index is 0.488. The van der Waals surface area contributed by atoms with Gasteiger partial charge in [0.1, 0.15) is 0 Å². The van der Waals surface area contributed by atoms with E-state index in [-0.39, 0.29) is 0 Å². The van der Waals surface area contributed by atoms with Crippen LogP contribution in [-0.2, 0) is 6.42 Å². The molecular weight excluding hydrogens is 621 g/mol. The lowest BCUT2D eigenvalue weighted by Gasteiger charge is -2.18. The van der Waals surface area contributed by atoms with Crippen molar-refractivity contribution in [2.75, 3.05) is 0 Å². The molecule has 0 saturated carbocycles. The second kappa shape index (κ2) is 11.8. The molecule has 242 valence electrons. The zero-order valence-electron chi connectivity index (χ0n) is 28.2. The fourth-order valence-electron chi connectivity index (χ4n) is 7.91. The maximum absolute atomic E-state index is 5.29. The zero-order chi connectivity index (χ0) is 33.9. The van der Waals surface area contributed by atoms with E-state index in [9.17, 15) is 0 Å². The van der Waals surface area contributed by atoms with Crippen LogP contribution < -0.4 is 0 Å². The second-order valence-electron chi connectivity index (χ2n) is 13.6. The van der Waals surface area contributed by atoms with E-state index in [4.69, 9.17) is 9.97 Å². The van der Waals surface area contributed by atoms with Gasteiger partial charge in [-0.25, -0.2) is 9.97 Å². The maximum Gasteiger partial charge on any atom is 0.160 e. The van der Waals surface area contributed by atoms with Gasteiger partial charge in [0.2, 0.25) is 0 Å². The van der Waals surface area contributed by atoms with Gasteiger partial charge in [0.15, 0.2) is 5.82 Å². The predicted molar refractivity (Wildman–Crippen MR) is 211 cm³/mol. The van der Waals surface area contributed by atoms with Crippen LogP contribution in [0.5, 0.6) is 0 Å². The van der Waals surface area contributed by atoms with E-state index in [0.29, 0.717) is 11.7 Å². The first-order chi connectivity index (χ1) is 25.2. The molecule has 4 heteroatoms. The van der Waals surface area contributed by atoms with Crippen LogP contribution in [-0.4, -0.2) is 19.1 Å². The van der Waals surface area contributed by atoms with Crippen molar-refractivity contribution in [2.45, 2.75) is 13.3 Å². The second-order valence-corrected chi connectivity index (χ2v) is 13.6. The Bertz CT molecular complexity index is 2680. The zero-order valence-corrected chi connectivity index (χ0v) is 28.2. The first kappa shape index (κ1) is 29.4. The maximum atomic E-state index is 5.29. The minimum absolute atomic E-state index is 0.488. The van der Waals surface area contributed by atoms with Crippen LogP contribution in [0.1, 0.15) is 18.2 Å². The van der Waals surface area contributed by atoms with Gasteiger partial charge in [0.25, 0.3) is 0 Å². The van der Waals surface area contributed by atoms with Crippen LogP contribution in [0.2, 0.25) is 0 Å². The highest BCUT2D eigenvalue weighted by Gasteiger charge is 2.23. The van der Waals surface area contributed by atoms with Crippen molar-refractivity contribution in [2.24, 2.45) is 5.92 Å². The van der Waals surface area contributed by atoms with E-state index in [2.05, 4.69) is 174 Å². The molecular formula is C47H34N4. The Balaban J connectivity index is 1.30. The highest BCUT2D eigenvalue weighted by atomic mass is 15.0. The van der Waals surface area contributed by atoms with E-state index in [1.54, 1.807) is 0 Å². The van der Waals surface area contributed by atoms with Gasteiger partial charge in [-0.3, -0.25) is 0 Å². The number of rotatable bonds is 5. The minimum Gasteiger partial charge on any atom is -0.309 e. The van der Waals surface area contributed by atoms with E-state index in [1.807, 2.05) is 12.1 Å². The van der Waals surface area contributed by atoms with Crippen LogP contribution in [0.4, 0.5) is 0 Å². The molecule has 0 bridgehead atoms. The molecule has 0 amide bonds. The smallest absolute Gasteiger partial charge is 0.160 e. The van der Waals surface area contributed by atoms with E-state index >= 15 is 0 Å². The highest BCUT2D eigenvalue weighted by Crippen LogP contribution is 2.39. The summed E-state index contributed by atoms with van der Waals surface area (Å²) in [4.78, 5) is 10.6. The predicted octanol–water partition coefficient (Wildman–Crippen LogP) is 11.7. The summed E-state index contributed by atoms with van der Waals surface area (Å²) in [6.45, 7) is 2.30. The van der Waals surface area contributed by atoms with Crippen molar-refractivity contribution in [1.82, 2.24) is 19.1 Å². The van der Waals surface area contributed by atoms with Gasteiger partial charge >= 0.3 is 0 Å². The molecule has 3 aromatic heterocycles. The first-order valence-corrected chi connectivity index (χ1v) is 17.6. The number of aromatic nitrogens is 4. The third-order valence-corrected chi connectivity index (χ3v) is 10.3. The van der Waals surface area contributed by atoms with Gasteiger partial charge in [0, 0.05) is 49.9 Å². The Kier molecular flexibility index (Phi) is 6.81. The third-order valence-electron chi connectivity index (χ3n) is 10.3. The molecule has 4 nitrogen and oxygen atoms in total. The summed E-state index contributed by atoms with van der Waals surface area (Å²) in [5, 5.41) is 3.77. The van der Waals surface area contributed by atoms with Gasteiger partial charge in [-0.2, -0.15) is 0 Å². The first-order valence-electron chi connectivity index (χ1n) is 17.6. The van der Waals surface area contributed by atoms with E-state index in [1.165, 1.54) is 44.0 Å². The topological polar surface area (TPSA) is 35.6 Å². The highest BCUT2D eigenvalue weighted by molar-refractivity contribution is 6.09. The molecule has 3 heterocycles. The average Bonchev–Trinajstić information content (AvgIpc) is 3.71. The van der Waals surface area contributed by atoms with Crippen molar-refractivity contribution in [3.05, 3.63) is 175 Å². The number of hydrogen-bond donors (Lipinski definition) is 0. The van der Waals surface area contributed by atoms with Crippen molar-refractivity contribution >= 4 is 38.8 Å². The molecule has 51 heavy (non-hydrogen) atoms. The molecule has 0 spiro atoms. The van der Waals surface area contributed by atoms with Gasteiger partial charge < -0.3 is 9.13 Å². The largest absolute Gasteiger partial charge is 0.309 e. The average molecular weight is 655 g/mol. The SMILES string of the molecule is CC1C=Cc2c(c3ccccc3n2-c2cc(-c3nc(-c4ccccc4)cc(-c4ccccc4)n3)cc(-n3c4ccccc4c4ccccc43)c2)C1. The summed E-state index contributed by atoms with van der Waals surface area (Å²) < 4.78 is 4.83. The number of fused-ring (bicyclic) bond motifs is 6. The van der Waals surface area contributed by atoms with E-state index < -0.39 is 0 Å². The molecule has 1 aliphatic carbocycles. The Labute approximate surface area is 296 Å². The molecule has 0 radical (unpaired) electrons. The molecule has 0 N–H and O–H groups in total. The van der Waals surface area contributed by atoms with Crippen molar-refractivity contribution < 1.29 is 0 Å². The molecule has 0 fully saturated rings. The summed E-state index contributed by atoms with van der Waals surface area (Å²) in [5.41, 5.74) is 13.2. The lowest BCUT2D eigenvalue weighted by atomic mass is 9.93. The van der Waals surface area contributed by atoms with Crippen LogP contribution in [0.3, 0.4) is 0 Å². The molecule has 10 rings (SSSR count). The summed E-state index contributed by atoms with van der Waals surface area (Å²) in [7, 11) is 0. The fraction of sp³-hybridized carbons (Fsp3) is 0.0638. The monoisotopic (exact) mass is 654 g/mol. The van der Waals surface area contributed by atoms with Crippen molar-refractivity contribution in [1.29, 1.82) is 0 Å². The lowest BCUT2D eigenvalue weighted by molar-refractivity contribution is 0.717.